The molecule has 0 atom stereocenters. The van der Waals surface area contributed by atoms with E-state index in [1.807, 2.05) is 26.8 Å². The van der Waals surface area contributed by atoms with Crippen molar-refractivity contribution in [2.24, 2.45) is 4.99 Å². The van der Waals surface area contributed by atoms with Crippen LogP contribution in [0.5, 0.6) is 0 Å². The molecule has 0 aliphatic rings. The summed E-state index contributed by atoms with van der Waals surface area (Å²) in [6, 6.07) is 4.37. The molecule has 5 nitrogen and oxygen atoms in total. The fourth-order valence-electron chi connectivity index (χ4n) is 2.31. The minimum Gasteiger partial charge on any atom is -0.359 e. The molecule has 0 aliphatic heterocycles. The Morgan fingerprint density at radius 1 is 1.21 bits per heavy atom. The van der Waals surface area contributed by atoms with Crippen LogP contribution in [0.15, 0.2) is 33.8 Å². The molecule has 0 unspecified atom stereocenters. The lowest BCUT2D eigenvalue weighted by atomic mass is 10.1. The van der Waals surface area contributed by atoms with E-state index in [0.717, 1.165) is 17.8 Å². The van der Waals surface area contributed by atoms with Gasteiger partial charge in [0.15, 0.2) is 11.7 Å². The second-order valence-corrected chi connectivity index (χ2v) is 6.22. The molecule has 2 N–H and O–H groups in total. The maximum absolute atomic E-state index is 13.2. The first-order valence-corrected chi connectivity index (χ1v) is 8.54. The molecule has 2 rings (SSSR count). The Labute approximate surface area is 178 Å². The number of aromatic nitrogens is 1. The zero-order chi connectivity index (χ0) is 20.0. The van der Waals surface area contributed by atoms with E-state index in [1.54, 1.807) is 0 Å². The van der Waals surface area contributed by atoms with E-state index in [-0.39, 0.29) is 48.5 Å². The van der Waals surface area contributed by atoms with Crippen LogP contribution in [0.3, 0.4) is 0 Å². The van der Waals surface area contributed by atoms with Gasteiger partial charge in [0.05, 0.1) is 24.3 Å². The van der Waals surface area contributed by atoms with Gasteiger partial charge in [0.2, 0.25) is 0 Å². The van der Waals surface area contributed by atoms with Crippen LogP contribution in [0.2, 0.25) is 0 Å². The Kier molecular flexibility index (Phi) is 9.18. The summed E-state index contributed by atoms with van der Waals surface area (Å²) in [6.07, 6.45) is -4.65. The molecule has 1 aromatic heterocycles. The number of hydrogen-bond acceptors (Lipinski definition) is 3. The zero-order valence-electron chi connectivity index (χ0n) is 15.7. The van der Waals surface area contributed by atoms with Gasteiger partial charge in [-0.2, -0.15) is 13.2 Å². The van der Waals surface area contributed by atoms with Gasteiger partial charge in [-0.25, -0.2) is 9.38 Å². The summed E-state index contributed by atoms with van der Waals surface area (Å²) < 4.78 is 57.6. The monoisotopic (exact) mass is 514 g/mol. The van der Waals surface area contributed by atoms with E-state index in [1.165, 1.54) is 0 Å². The highest BCUT2D eigenvalue weighted by atomic mass is 127. The van der Waals surface area contributed by atoms with Crippen LogP contribution < -0.4 is 10.6 Å². The molecular formula is C18H23F4IN4O. The maximum atomic E-state index is 13.2. The normalized spacial score (nSPS) is 12.1. The Morgan fingerprint density at radius 2 is 1.93 bits per heavy atom. The summed E-state index contributed by atoms with van der Waals surface area (Å²) in [4.78, 5) is 4.15. The lowest BCUT2D eigenvalue weighted by Gasteiger charge is -2.13. The highest BCUT2D eigenvalue weighted by molar-refractivity contribution is 14.0. The van der Waals surface area contributed by atoms with Crippen LogP contribution in [-0.4, -0.2) is 17.7 Å². The van der Waals surface area contributed by atoms with Gasteiger partial charge < -0.3 is 15.2 Å². The van der Waals surface area contributed by atoms with Crippen molar-refractivity contribution in [3.63, 3.8) is 0 Å². The van der Waals surface area contributed by atoms with E-state index < -0.39 is 17.6 Å². The van der Waals surface area contributed by atoms with Gasteiger partial charge in [-0.15, -0.1) is 24.0 Å². The summed E-state index contributed by atoms with van der Waals surface area (Å²) in [5.41, 5.74) is -0.323. The molecule has 0 aliphatic carbocycles. The smallest absolute Gasteiger partial charge is 0.359 e. The number of benzene rings is 1. The molecule has 1 heterocycles. The van der Waals surface area contributed by atoms with Gasteiger partial charge in [0.25, 0.3) is 0 Å². The van der Waals surface area contributed by atoms with Crippen molar-refractivity contribution in [2.75, 3.05) is 6.54 Å². The molecule has 2 aromatic rings. The first kappa shape index (κ1) is 24.2. The van der Waals surface area contributed by atoms with Gasteiger partial charge >= 0.3 is 6.18 Å². The first-order valence-electron chi connectivity index (χ1n) is 8.54. The van der Waals surface area contributed by atoms with Crippen LogP contribution in [0, 0.1) is 5.82 Å². The SMILES string of the molecule is CCNC(=NCc1ccc(F)cc1C(F)(F)F)NCc1cc(C(C)C)no1.I. The number of guanidine groups is 1. The number of nitrogens with one attached hydrogen (secondary N) is 2. The van der Waals surface area contributed by atoms with E-state index in [2.05, 4.69) is 20.8 Å². The maximum Gasteiger partial charge on any atom is 0.416 e. The first-order chi connectivity index (χ1) is 12.7. The summed E-state index contributed by atoms with van der Waals surface area (Å²) in [7, 11) is 0. The van der Waals surface area contributed by atoms with Crippen molar-refractivity contribution >= 4 is 29.9 Å². The second-order valence-electron chi connectivity index (χ2n) is 6.22. The van der Waals surface area contributed by atoms with Crippen LogP contribution in [0.1, 0.15) is 49.3 Å². The topological polar surface area (TPSA) is 62.5 Å². The molecule has 10 heteroatoms. The summed E-state index contributed by atoms with van der Waals surface area (Å²) in [6.45, 7) is 6.36. The third-order valence-electron chi connectivity index (χ3n) is 3.73. The molecule has 0 saturated carbocycles. The Morgan fingerprint density at radius 3 is 2.50 bits per heavy atom. The molecular weight excluding hydrogens is 491 g/mol. The van der Waals surface area contributed by atoms with Crippen LogP contribution in [0.25, 0.3) is 0 Å². The summed E-state index contributed by atoms with van der Waals surface area (Å²) >= 11 is 0. The quantitative estimate of drug-likeness (QED) is 0.251. The van der Waals surface area contributed by atoms with Crippen molar-refractivity contribution in [1.29, 1.82) is 0 Å². The molecule has 0 radical (unpaired) electrons. The Balaban J connectivity index is 0.00000392. The van der Waals surface area contributed by atoms with E-state index in [9.17, 15) is 17.6 Å². The number of rotatable bonds is 6. The third-order valence-corrected chi connectivity index (χ3v) is 3.73. The zero-order valence-corrected chi connectivity index (χ0v) is 18.1. The van der Waals surface area contributed by atoms with Crippen LogP contribution in [-0.2, 0) is 19.3 Å². The van der Waals surface area contributed by atoms with Crippen LogP contribution in [0.4, 0.5) is 17.6 Å². The lowest BCUT2D eigenvalue weighted by Crippen LogP contribution is -2.36. The molecule has 0 amide bonds. The predicted octanol–water partition coefficient (Wildman–Crippen LogP) is 4.83. The van der Waals surface area contributed by atoms with Gasteiger partial charge in [0.1, 0.15) is 5.82 Å². The molecule has 156 valence electrons. The number of hydrogen-bond donors (Lipinski definition) is 2. The highest BCUT2D eigenvalue weighted by Crippen LogP contribution is 2.32. The fraction of sp³-hybridized carbons (Fsp3) is 0.444. The minimum atomic E-state index is -4.65. The third kappa shape index (κ3) is 6.95. The average Bonchev–Trinajstić information content (AvgIpc) is 3.06. The lowest BCUT2D eigenvalue weighted by molar-refractivity contribution is -0.138. The molecule has 0 spiro atoms. The Bertz CT molecular complexity index is 790. The van der Waals surface area contributed by atoms with Crippen molar-refractivity contribution in [1.82, 2.24) is 15.8 Å². The minimum absolute atomic E-state index is 0. The van der Waals surface area contributed by atoms with Crippen LogP contribution >= 0.6 is 24.0 Å². The number of aliphatic imine (C=N–C) groups is 1. The predicted molar refractivity (Wildman–Crippen MR) is 109 cm³/mol. The summed E-state index contributed by atoms with van der Waals surface area (Å²) in [5, 5.41) is 9.87. The highest BCUT2D eigenvalue weighted by Gasteiger charge is 2.33. The molecule has 0 bridgehead atoms. The number of alkyl halides is 3. The van der Waals surface area contributed by atoms with Crippen molar-refractivity contribution in [3.8, 4) is 0 Å². The van der Waals surface area contributed by atoms with Gasteiger partial charge in [-0.1, -0.05) is 25.1 Å². The molecule has 28 heavy (non-hydrogen) atoms. The van der Waals surface area contributed by atoms with Crippen molar-refractivity contribution < 1.29 is 22.1 Å². The van der Waals surface area contributed by atoms with Gasteiger partial charge in [0, 0.05) is 12.6 Å². The van der Waals surface area contributed by atoms with Gasteiger partial charge in [-0.05, 0) is 30.5 Å². The number of halogens is 5. The van der Waals surface area contributed by atoms with Crippen molar-refractivity contribution in [3.05, 3.63) is 52.7 Å². The average molecular weight is 514 g/mol. The van der Waals surface area contributed by atoms with Gasteiger partial charge in [-0.3, -0.25) is 0 Å². The summed E-state index contributed by atoms with van der Waals surface area (Å²) in [5.74, 6) is 0.189. The van der Waals surface area contributed by atoms with E-state index >= 15 is 0 Å². The van der Waals surface area contributed by atoms with Crippen molar-refractivity contribution in [2.45, 2.75) is 46.0 Å². The van der Waals surface area contributed by atoms with E-state index in [4.69, 9.17) is 4.52 Å². The fourth-order valence-corrected chi connectivity index (χ4v) is 2.31. The number of nitrogens with zero attached hydrogens (tertiary/aromatic N) is 2. The molecule has 1 aromatic carbocycles. The largest absolute Gasteiger partial charge is 0.416 e. The second kappa shape index (κ2) is 10.6. The van der Waals surface area contributed by atoms with E-state index in [0.29, 0.717) is 24.3 Å². The Hall–Kier alpha value is -1.85. The molecule has 0 fully saturated rings. The molecule has 0 saturated heterocycles. The standard InChI is InChI=1S/C18H22F4N4O.HI/c1-4-23-17(25-10-14-8-16(11(2)3)26-27-14)24-9-12-5-6-13(19)7-15(12)18(20,21)22;/h5-8,11H,4,9-10H2,1-3H3,(H2,23,24,25);1H.